The Morgan fingerprint density at radius 1 is 0.896 bits per heavy atom. The van der Waals surface area contributed by atoms with Gasteiger partial charge in [0.2, 0.25) is 0 Å². The average Bonchev–Trinajstić information content (AvgIpc) is 3.29. The van der Waals surface area contributed by atoms with Gasteiger partial charge in [0, 0.05) is 18.7 Å². The first-order chi connectivity index (χ1) is 22.2. The largest absolute Gasteiger partial charge is 0.490 e. The van der Waals surface area contributed by atoms with Gasteiger partial charge in [0.1, 0.15) is 18.4 Å². The van der Waals surface area contributed by atoms with Crippen LogP contribution >= 0.6 is 23.5 Å². The summed E-state index contributed by atoms with van der Waals surface area (Å²) in [5, 5.41) is 10.8. The first-order valence-corrected chi connectivity index (χ1v) is 19.8. The summed E-state index contributed by atoms with van der Waals surface area (Å²) in [5.74, 6) is 0. The van der Waals surface area contributed by atoms with Crippen molar-refractivity contribution in [3.05, 3.63) is 79.7 Å². The van der Waals surface area contributed by atoms with E-state index in [1.54, 1.807) is 13.0 Å². The molecule has 1 aromatic rings. The monoisotopic (exact) mass is 740 g/mol. The lowest BCUT2D eigenvalue weighted by Crippen LogP contribution is -2.36. The topological polar surface area (TPSA) is 244 Å². The summed E-state index contributed by atoms with van der Waals surface area (Å²) in [6.07, 6.45) is 8.68. The quantitative estimate of drug-likeness (QED) is 0.0765. The first kappa shape index (κ1) is 42.1. The van der Waals surface area contributed by atoms with E-state index in [-0.39, 0.29) is 12.8 Å². The summed E-state index contributed by atoms with van der Waals surface area (Å²) in [6, 6.07) is 1.06. The summed E-state index contributed by atoms with van der Waals surface area (Å²) >= 11 is 0. The minimum Gasteiger partial charge on any atom is -0.390 e. The third kappa shape index (κ3) is 16.1. The summed E-state index contributed by atoms with van der Waals surface area (Å²) in [4.78, 5) is 63.3. The fraction of sp³-hybridized carbons (Fsp3) is 0.586. The molecule has 0 saturated carbocycles. The molecule has 2 rings (SSSR count). The van der Waals surface area contributed by atoms with Crippen LogP contribution in [0.25, 0.3) is 0 Å². The van der Waals surface area contributed by atoms with Crippen LogP contribution in [0.5, 0.6) is 0 Å². The van der Waals surface area contributed by atoms with Crippen molar-refractivity contribution in [1.29, 1.82) is 0 Å². The maximum absolute atomic E-state index is 12.7. The summed E-state index contributed by atoms with van der Waals surface area (Å²) in [6.45, 7) is 10.1. The average molecular weight is 741 g/mol. The molecule has 0 spiro atoms. The number of ether oxygens (including phenoxy) is 1. The van der Waals surface area contributed by atoms with Crippen LogP contribution in [0.1, 0.15) is 92.2 Å². The Hall–Kier alpha value is -2.03. The Bertz CT molecular complexity index is 1620. The van der Waals surface area contributed by atoms with Crippen molar-refractivity contribution >= 4 is 23.5 Å². The number of nitrogens with zero attached hydrogens (tertiary/aromatic N) is 1. The van der Waals surface area contributed by atoms with E-state index < -0.39 is 59.3 Å². The fourth-order valence-corrected chi connectivity index (χ4v) is 8.06. The van der Waals surface area contributed by atoms with Crippen LogP contribution in [0.3, 0.4) is 0 Å². The van der Waals surface area contributed by atoms with Crippen LogP contribution in [-0.4, -0.2) is 52.5 Å². The Morgan fingerprint density at radius 3 is 1.96 bits per heavy atom. The number of aliphatic hydroxyl groups is 1. The molecule has 1 aliphatic rings. The van der Waals surface area contributed by atoms with E-state index in [2.05, 4.69) is 52.6 Å². The van der Waals surface area contributed by atoms with Gasteiger partial charge in [0.15, 0.2) is 0 Å². The van der Waals surface area contributed by atoms with Gasteiger partial charge in [-0.15, -0.1) is 0 Å². The van der Waals surface area contributed by atoms with Gasteiger partial charge in [0.05, 0.1) is 6.10 Å². The van der Waals surface area contributed by atoms with E-state index in [0.29, 0.717) is 12.8 Å². The van der Waals surface area contributed by atoms with Crippen molar-refractivity contribution < 1.29 is 56.3 Å². The maximum atomic E-state index is 12.7. The second kappa shape index (κ2) is 18.8. The van der Waals surface area contributed by atoms with Crippen LogP contribution in [0, 0.1) is 0 Å². The van der Waals surface area contributed by atoms with Crippen molar-refractivity contribution in [2.75, 3.05) is 0 Å². The van der Waals surface area contributed by atoms with Gasteiger partial charge < -0.3 is 29.4 Å². The minimum absolute atomic E-state index is 0.191. The van der Waals surface area contributed by atoms with Gasteiger partial charge in [-0.05, 0) is 79.6 Å². The molecule has 16 nitrogen and oxygen atoms in total. The number of allylic oxidation sites excluding steroid dienone is 7. The lowest BCUT2D eigenvalue weighted by Gasteiger charge is -2.27. The number of aromatic amines is 1. The van der Waals surface area contributed by atoms with Gasteiger partial charge in [-0.1, -0.05) is 46.6 Å². The van der Waals surface area contributed by atoms with E-state index in [4.69, 9.17) is 19.0 Å². The molecule has 48 heavy (non-hydrogen) atoms. The molecule has 2 heterocycles. The van der Waals surface area contributed by atoms with Gasteiger partial charge in [-0.25, -0.2) is 18.5 Å². The number of phosphoric acid groups is 3. The van der Waals surface area contributed by atoms with Crippen LogP contribution in [0.2, 0.25) is 0 Å². The molecular weight excluding hydrogens is 693 g/mol. The number of aliphatic hydroxyl groups excluding tert-OH is 1. The zero-order valence-corrected chi connectivity index (χ0v) is 30.3. The van der Waals surface area contributed by atoms with Crippen molar-refractivity contribution in [1.82, 2.24) is 9.55 Å². The number of hydrogen-bond donors (Lipinski definition) is 6. The van der Waals surface area contributed by atoms with Gasteiger partial charge in [0.25, 0.3) is 5.56 Å². The standard InChI is InChI=1S/C29H47N2O14P3/c1-20(2)9-6-10-21(3)11-7-12-22(4)13-8-14-23(5)15-16-25(43-47(38,39)45-48(40,41)44-46(35,36)37)28-24(32)19-27(42-28)31-18-17-26(33)30-29(31)34/h9,11,13,15,17-18,24-25,27-28,32H,6-8,10,12,14,16,19H2,1-5H3,(H,38,39)(H,40,41)(H,30,33,34)(H2,35,36,37)/b21-11+,22-13+,23-15+/t24-,25?,27+,28-/m0/s1. The van der Waals surface area contributed by atoms with E-state index in [9.17, 15) is 38.2 Å². The summed E-state index contributed by atoms with van der Waals surface area (Å²) in [5.41, 5.74) is 3.19. The Balaban J connectivity index is 2.14. The van der Waals surface area contributed by atoms with E-state index >= 15 is 0 Å². The van der Waals surface area contributed by atoms with Crippen molar-refractivity contribution in [2.24, 2.45) is 0 Å². The van der Waals surface area contributed by atoms with Crippen molar-refractivity contribution in [3.63, 3.8) is 0 Å². The minimum atomic E-state index is -5.81. The molecule has 0 bridgehead atoms. The normalized spacial score (nSPS) is 22.6. The molecule has 0 aromatic carbocycles. The molecular formula is C29H47N2O14P3. The number of H-pyrrole nitrogens is 1. The van der Waals surface area contributed by atoms with E-state index in [1.165, 1.54) is 16.7 Å². The molecule has 6 N–H and O–H groups in total. The second-order valence-electron chi connectivity index (χ2n) is 11.9. The molecule has 1 aromatic heterocycles. The Morgan fingerprint density at radius 2 is 1.44 bits per heavy atom. The van der Waals surface area contributed by atoms with Gasteiger partial charge in [-0.3, -0.25) is 18.9 Å². The molecule has 1 fully saturated rings. The summed E-state index contributed by atoms with van der Waals surface area (Å²) < 4.78 is 55.2. The number of aromatic nitrogens is 2. The van der Waals surface area contributed by atoms with Crippen LogP contribution in [0.15, 0.2) is 68.4 Å². The Kier molecular flexibility index (Phi) is 16.5. The van der Waals surface area contributed by atoms with Crippen molar-refractivity contribution in [2.45, 2.75) is 111 Å². The van der Waals surface area contributed by atoms with Crippen LogP contribution < -0.4 is 11.2 Å². The highest BCUT2D eigenvalue weighted by Crippen LogP contribution is 2.66. The molecule has 1 saturated heterocycles. The molecule has 0 radical (unpaired) electrons. The number of phosphoric ester groups is 1. The highest BCUT2D eigenvalue weighted by molar-refractivity contribution is 7.66. The summed E-state index contributed by atoms with van der Waals surface area (Å²) in [7, 11) is -17.0. The van der Waals surface area contributed by atoms with E-state index in [1.807, 2.05) is 6.92 Å². The fourth-order valence-electron chi connectivity index (χ4n) is 4.85. The lowest BCUT2D eigenvalue weighted by atomic mass is 10.0. The number of rotatable bonds is 19. The SMILES string of the molecule is CC(C)=CCC/C(C)=C/CC/C(C)=C/CC/C(C)=C/CC(OP(=O)(O)OP(=O)(O)OP(=O)(O)O)[C@H]1O[C@@H](n2ccc(=O)[nH]c2=O)C[C@@H]1O. The molecule has 0 amide bonds. The maximum Gasteiger partial charge on any atom is 0.490 e. The highest BCUT2D eigenvalue weighted by Gasteiger charge is 2.46. The third-order valence-corrected chi connectivity index (χ3v) is 11.1. The number of nitrogens with one attached hydrogen (secondary N) is 1. The third-order valence-electron chi connectivity index (χ3n) is 7.20. The second-order valence-corrected chi connectivity index (χ2v) is 16.3. The molecule has 19 heteroatoms. The Labute approximate surface area is 279 Å². The van der Waals surface area contributed by atoms with Gasteiger partial charge >= 0.3 is 29.2 Å². The molecule has 272 valence electrons. The van der Waals surface area contributed by atoms with Crippen LogP contribution in [-0.2, 0) is 31.6 Å². The predicted molar refractivity (Wildman–Crippen MR) is 178 cm³/mol. The van der Waals surface area contributed by atoms with Gasteiger partial charge in [-0.2, -0.15) is 8.62 Å². The molecule has 0 aliphatic carbocycles. The molecule has 6 atom stereocenters. The predicted octanol–water partition coefficient (Wildman–Crippen LogP) is 5.43. The molecule has 3 unspecified atom stereocenters. The smallest absolute Gasteiger partial charge is 0.390 e. The molecule has 1 aliphatic heterocycles. The lowest BCUT2D eigenvalue weighted by molar-refractivity contribution is -0.0793. The highest BCUT2D eigenvalue weighted by atomic mass is 31.3. The first-order valence-electron chi connectivity index (χ1n) is 15.2. The zero-order chi connectivity index (χ0) is 36.3. The van der Waals surface area contributed by atoms with E-state index in [0.717, 1.165) is 48.1 Å². The van der Waals surface area contributed by atoms with Crippen molar-refractivity contribution in [3.8, 4) is 0 Å². The van der Waals surface area contributed by atoms with Crippen LogP contribution in [0.4, 0.5) is 0 Å². The zero-order valence-electron chi connectivity index (χ0n) is 27.6. The number of hydrogen-bond acceptors (Lipinski definition) is 10.